The molecule has 0 radical (unpaired) electrons. The summed E-state index contributed by atoms with van der Waals surface area (Å²) in [5.41, 5.74) is 1.33. The highest BCUT2D eigenvalue weighted by Gasteiger charge is 2.21. The third kappa shape index (κ3) is 3.16. The second-order valence-corrected chi connectivity index (χ2v) is 5.15. The Hall–Kier alpha value is -3.55. The van der Waals surface area contributed by atoms with Gasteiger partial charge in [0.05, 0.1) is 21.3 Å². The summed E-state index contributed by atoms with van der Waals surface area (Å²) in [5.74, 6) is 1.68. The number of aromatic nitrogens is 2. The Morgan fingerprint density at radius 2 is 1.65 bits per heavy atom. The van der Waals surface area contributed by atoms with Gasteiger partial charge < -0.3 is 23.9 Å². The average molecular weight is 355 g/mol. The van der Waals surface area contributed by atoms with Gasteiger partial charge in [0.15, 0.2) is 17.2 Å². The summed E-state index contributed by atoms with van der Waals surface area (Å²) in [7, 11) is 4.50. The smallest absolute Gasteiger partial charge is 0.280 e. The standard InChI is InChI=1S/C18H17N3O5/c1-23-13-9-12(10-14(24-2)16(13)25-3)15(20-22)18-19-17(21-26-18)11-7-5-4-6-8-11/h4-10,22H,1-3H3/b20-15-. The van der Waals surface area contributed by atoms with Crippen molar-refractivity contribution in [3.63, 3.8) is 0 Å². The van der Waals surface area contributed by atoms with E-state index < -0.39 is 0 Å². The Labute approximate surface area is 149 Å². The van der Waals surface area contributed by atoms with Gasteiger partial charge in [0.1, 0.15) is 0 Å². The summed E-state index contributed by atoms with van der Waals surface area (Å²) >= 11 is 0. The molecular formula is C18H17N3O5. The highest BCUT2D eigenvalue weighted by atomic mass is 16.5. The first-order chi connectivity index (χ1) is 12.7. The molecule has 3 aromatic rings. The van der Waals surface area contributed by atoms with E-state index >= 15 is 0 Å². The predicted molar refractivity (Wildman–Crippen MR) is 93.3 cm³/mol. The van der Waals surface area contributed by atoms with Crippen molar-refractivity contribution in [2.45, 2.75) is 0 Å². The number of nitrogens with zero attached hydrogens (tertiary/aromatic N) is 3. The van der Waals surface area contributed by atoms with Crippen molar-refractivity contribution in [2.75, 3.05) is 21.3 Å². The highest BCUT2D eigenvalue weighted by Crippen LogP contribution is 2.38. The molecule has 0 spiro atoms. The van der Waals surface area contributed by atoms with Crippen LogP contribution in [0.1, 0.15) is 11.5 Å². The van der Waals surface area contributed by atoms with Gasteiger partial charge in [-0.25, -0.2) is 0 Å². The highest BCUT2D eigenvalue weighted by molar-refractivity contribution is 6.10. The molecule has 0 fully saturated rings. The molecule has 1 heterocycles. The van der Waals surface area contributed by atoms with Gasteiger partial charge in [-0.15, -0.1) is 0 Å². The van der Waals surface area contributed by atoms with Gasteiger partial charge in [-0.05, 0) is 12.1 Å². The van der Waals surface area contributed by atoms with Gasteiger partial charge in [0, 0.05) is 11.1 Å². The number of methoxy groups -OCH3 is 3. The Balaban J connectivity index is 2.04. The van der Waals surface area contributed by atoms with Crippen molar-refractivity contribution in [2.24, 2.45) is 5.16 Å². The lowest BCUT2D eigenvalue weighted by atomic mass is 10.1. The van der Waals surface area contributed by atoms with Crippen LogP contribution >= 0.6 is 0 Å². The second kappa shape index (κ2) is 7.56. The molecule has 8 heteroatoms. The number of rotatable bonds is 6. The van der Waals surface area contributed by atoms with Crippen LogP contribution in [-0.4, -0.2) is 42.4 Å². The Bertz CT molecular complexity index is 897. The zero-order valence-corrected chi connectivity index (χ0v) is 14.5. The molecule has 8 nitrogen and oxygen atoms in total. The molecule has 1 aromatic heterocycles. The van der Waals surface area contributed by atoms with Crippen molar-refractivity contribution < 1.29 is 23.9 Å². The number of oxime groups is 1. The molecule has 0 saturated heterocycles. The van der Waals surface area contributed by atoms with E-state index in [0.29, 0.717) is 28.6 Å². The van der Waals surface area contributed by atoms with E-state index in [1.54, 1.807) is 12.1 Å². The van der Waals surface area contributed by atoms with Crippen molar-refractivity contribution in [1.29, 1.82) is 0 Å². The summed E-state index contributed by atoms with van der Waals surface area (Å²) < 4.78 is 21.2. The predicted octanol–water partition coefficient (Wildman–Crippen LogP) is 2.99. The molecule has 26 heavy (non-hydrogen) atoms. The zero-order chi connectivity index (χ0) is 18.5. The maximum absolute atomic E-state index is 9.51. The first kappa shape index (κ1) is 17.3. The molecule has 0 aliphatic rings. The van der Waals surface area contributed by atoms with Crippen molar-refractivity contribution in [1.82, 2.24) is 10.1 Å². The van der Waals surface area contributed by atoms with Gasteiger partial charge in [0.2, 0.25) is 11.6 Å². The Morgan fingerprint density at radius 3 is 2.19 bits per heavy atom. The number of benzene rings is 2. The molecule has 0 aliphatic carbocycles. The normalized spacial score (nSPS) is 11.3. The molecule has 1 N–H and O–H groups in total. The summed E-state index contributed by atoms with van der Waals surface area (Å²) in [5, 5.41) is 16.8. The minimum Gasteiger partial charge on any atom is -0.493 e. The SMILES string of the molecule is COc1cc(/C(=N/O)c2nc(-c3ccccc3)no2)cc(OC)c1OC. The molecular weight excluding hydrogens is 338 g/mol. The Kier molecular flexibility index (Phi) is 5.02. The molecule has 134 valence electrons. The van der Waals surface area contributed by atoms with Gasteiger partial charge in [0.25, 0.3) is 5.89 Å². The van der Waals surface area contributed by atoms with Gasteiger partial charge in [-0.3, -0.25) is 0 Å². The lowest BCUT2D eigenvalue weighted by Crippen LogP contribution is -2.06. The first-order valence-electron chi connectivity index (χ1n) is 7.63. The van der Waals surface area contributed by atoms with Crippen LogP contribution < -0.4 is 14.2 Å². The molecule has 0 amide bonds. The van der Waals surface area contributed by atoms with E-state index in [0.717, 1.165) is 5.56 Å². The van der Waals surface area contributed by atoms with Crippen molar-refractivity contribution in [3.05, 3.63) is 53.9 Å². The number of hydrogen-bond acceptors (Lipinski definition) is 8. The average Bonchev–Trinajstić information content (AvgIpc) is 3.18. The van der Waals surface area contributed by atoms with Crippen LogP contribution in [0.5, 0.6) is 17.2 Å². The lowest BCUT2D eigenvalue weighted by Gasteiger charge is -2.13. The molecule has 3 rings (SSSR count). The van der Waals surface area contributed by atoms with Crippen LogP contribution in [0.25, 0.3) is 11.4 Å². The van der Waals surface area contributed by atoms with E-state index in [4.69, 9.17) is 18.7 Å². The summed E-state index contributed by atoms with van der Waals surface area (Å²) in [6.07, 6.45) is 0. The van der Waals surface area contributed by atoms with E-state index in [2.05, 4.69) is 15.3 Å². The fourth-order valence-corrected chi connectivity index (χ4v) is 2.47. The van der Waals surface area contributed by atoms with E-state index in [1.807, 2.05) is 30.3 Å². The zero-order valence-electron chi connectivity index (χ0n) is 14.5. The molecule has 0 aliphatic heterocycles. The number of ether oxygens (including phenoxy) is 3. The van der Waals surface area contributed by atoms with Crippen LogP contribution in [0.15, 0.2) is 52.1 Å². The topological polar surface area (TPSA) is 99.2 Å². The van der Waals surface area contributed by atoms with Crippen LogP contribution in [0.4, 0.5) is 0 Å². The molecule has 0 bridgehead atoms. The minimum atomic E-state index is 0.0561. The van der Waals surface area contributed by atoms with Crippen molar-refractivity contribution in [3.8, 4) is 28.6 Å². The maximum atomic E-state index is 9.51. The summed E-state index contributed by atoms with van der Waals surface area (Å²) in [6, 6.07) is 12.6. The maximum Gasteiger partial charge on any atom is 0.280 e. The number of hydrogen-bond donors (Lipinski definition) is 1. The molecule has 0 unspecified atom stereocenters. The van der Waals surface area contributed by atoms with Crippen LogP contribution in [0.3, 0.4) is 0 Å². The summed E-state index contributed by atoms with van der Waals surface area (Å²) in [6.45, 7) is 0. The fraction of sp³-hybridized carbons (Fsp3) is 0.167. The van der Waals surface area contributed by atoms with E-state index in [-0.39, 0.29) is 11.6 Å². The van der Waals surface area contributed by atoms with Gasteiger partial charge in [-0.1, -0.05) is 40.6 Å². The first-order valence-corrected chi connectivity index (χ1v) is 7.63. The van der Waals surface area contributed by atoms with Crippen LogP contribution in [0, 0.1) is 0 Å². The minimum absolute atomic E-state index is 0.0561. The monoisotopic (exact) mass is 355 g/mol. The fourth-order valence-electron chi connectivity index (χ4n) is 2.47. The quantitative estimate of drug-likeness (QED) is 0.412. The third-order valence-corrected chi connectivity index (χ3v) is 3.70. The third-order valence-electron chi connectivity index (χ3n) is 3.70. The summed E-state index contributed by atoms with van der Waals surface area (Å²) in [4.78, 5) is 4.30. The van der Waals surface area contributed by atoms with E-state index in [1.165, 1.54) is 21.3 Å². The molecule has 0 saturated carbocycles. The van der Waals surface area contributed by atoms with E-state index in [9.17, 15) is 5.21 Å². The Morgan fingerprint density at radius 1 is 1.00 bits per heavy atom. The molecule has 0 atom stereocenters. The van der Waals surface area contributed by atoms with Crippen LogP contribution in [0.2, 0.25) is 0 Å². The van der Waals surface area contributed by atoms with Gasteiger partial charge in [-0.2, -0.15) is 4.98 Å². The lowest BCUT2D eigenvalue weighted by molar-refractivity contribution is 0.315. The van der Waals surface area contributed by atoms with Crippen LogP contribution in [-0.2, 0) is 0 Å². The molecule has 2 aromatic carbocycles. The van der Waals surface area contributed by atoms with Crippen molar-refractivity contribution >= 4 is 5.71 Å². The largest absolute Gasteiger partial charge is 0.493 e. The van der Waals surface area contributed by atoms with Gasteiger partial charge >= 0.3 is 0 Å². The second-order valence-electron chi connectivity index (χ2n) is 5.15.